The standard InChI is InChI=1S/C30H34ClNO4/c1-18(2)14-20-5-8-22(9-6-20)30-28(21-10-11-21)29(32-36-30)24(12-13-27(34)35)17-25(33)16-23-7-4-19(3)15-26(23)31/h4-9,15,18,21,24H,10-14,16-17H2,1-3H3,(H,34,35)/t24-/m0/s1. The third-order valence-corrected chi connectivity index (χ3v) is 7.12. The van der Waals surface area contributed by atoms with E-state index in [1.807, 2.05) is 25.1 Å². The molecule has 0 spiro atoms. The van der Waals surface area contributed by atoms with Crippen LogP contribution in [0.4, 0.5) is 0 Å². The van der Waals surface area contributed by atoms with Crippen molar-refractivity contribution in [1.29, 1.82) is 0 Å². The summed E-state index contributed by atoms with van der Waals surface area (Å²) in [4.78, 5) is 24.5. The summed E-state index contributed by atoms with van der Waals surface area (Å²) in [6.07, 6.45) is 3.83. The van der Waals surface area contributed by atoms with Gasteiger partial charge in [0.1, 0.15) is 5.78 Å². The number of carboxylic acids is 1. The molecule has 190 valence electrons. The van der Waals surface area contributed by atoms with Gasteiger partial charge in [-0.15, -0.1) is 0 Å². The number of carbonyl (C=O) groups excluding carboxylic acids is 1. The first-order chi connectivity index (χ1) is 17.2. The summed E-state index contributed by atoms with van der Waals surface area (Å²) in [5.41, 5.74) is 5.86. The van der Waals surface area contributed by atoms with Crippen LogP contribution < -0.4 is 0 Å². The number of nitrogens with zero attached hydrogens (tertiary/aromatic N) is 1. The monoisotopic (exact) mass is 507 g/mol. The Morgan fingerprint density at radius 1 is 1.14 bits per heavy atom. The lowest BCUT2D eigenvalue weighted by molar-refractivity contribution is -0.137. The minimum absolute atomic E-state index is 0.0143. The second-order valence-corrected chi connectivity index (χ2v) is 10.9. The van der Waals surface area contributed by atoms with Crippen molar-refractivity contribution in [3.8, 4) is 11.3 Å². The third kappa shape index (κ3) is 6.64. The van der Waals surface area contributed by atoms with E-state index in [-0.39, 0.29) is 31.0 Å². The van der Waals surface area contributed by atoms with Crippen LogP contribution in [0, 0.1) is 12.8 Å². The molecule has 0 radical (unpaired) electrons. The maximum absolute atomic E-state index is 13.1. The number of aromatic nitrogens is 1. The van der Waals surface area contributed by atoms with Crippen LogP contribution in [0.15, 0.2) is 47.0 Å². The molecule has 1 heterocycles. The summed E-state index contributed by atoms with van der Waals surface area (Å²) in [6.45, 7) is 6.36. The van der Waals surface area contributed by atoms with Crippen LogP contribution in [0.25, 0.3) is 11.3 Å². The average molecular weight is 508 g/mol. The highest BCUT2D eigenvalue weighted by atomic mass is 35.5. The van der Waals surface area contributed by atoms with E-state index >= 15 is 0 Å². The molecule has 2 aromatic carbocycles. The molecule has 0 unspecified atom stereocenters. The lowest BCUT2D eigenvalue weighted by Gasteiger charge is -2.15. The lowest BCUT2D eigenvalue weighted by Crippen LogP contribution is -2.13. The molecule has 0 bridgehead atoms. The van der Waals surface area contributed by atoms with Crippen molar-refractivity contribution in [2.45, 2.75) is 77.6 Å². The van der Waals surface area contributed by atoms with Crippen LogP contribution in [-0.4, -0.2) is 22.0 Å². The highest BCUT2D eigenvalue weighted by Crippen LogP contribution is 2.48. The zero-order valence-corrected chi connectivity index (χ0v) is 22.0. The molecule has 4 rings (SSSR count). The first-order valence-electron chi connectivity index (χ1n) is 12.8. The van der Waals surface area contributed by atoms with Gasteiger partial charge in [-0.2, -0.15) is 0 Å². The molecule has 1 aliphatic rings. The Morgan fingerprint density at radius 2 is 1.86 bits per heavy atom. The van der Waals surface area contributed by atoms with Crippen LogP contribution in [0.1, 0.15) is 85.7 Å². The molecule has 0 amide bonds. The van der Waals surface area contributed by atoms with Crippen LogP contribution in [0.3, 0.4) is 0 Å². The predicted molar refractivity (Wildman–Crippen MR) is 142 cm³/mol. The van der Waals surface area contributed by atoms with Crippen molar-refractivity contribution in [2.75, 3.05) is 0 Å². The lowest BCUT2D eigenvalue weighted by atomic mass is 9.87. The molecule has 1 fully saturated rings. The molecule has 0 saturated heterocycles. The van der Waals surface area contributed by atoms with Gasteiger partial charge in [-0.05, 0) is 67.2 Å². The number of aliphatic carboxylic acids is 1. The van der Waals surface area contributed by atoms with E-state index in [0.29, 0.717) is 23.3 Å². The number of halogens is 1. The van der Waals surface area contributed by atoms with Crippen LogP contribution >= 0.6 is 11.6 Å². The van der Waals surface area contributed by atoms with Gasteiger partial charge >= 0.3 is 5.97 Å². The van der Waals surface area contributed by atoms with Gasteiger partial charge in [0.15, 0.2) is 5.76 Å². The molecule has 3 aromatic rings. The Hall–Kier alpha value is -2.92. The van der Waals surface area contributed by atoms with Crippen molar-refractivity contribution < 1.29 is 19.2 Å². The molecular formula is C30H34ClNO4. The fourth-order valence-electron chi connectivity index (χ4n) is 4.83. The molecule has 6 heteroatoms. The Kier molecular flexibility index (Phi) is 8.30. The van der Waals surface area contributed by atoms with E-state index in [4.69, 9.17) is 16.1 Å². The SMILES string of the molecule is Cc1ccc(CC(=O)C[C@H](CCC(=O)O)c2noc(-c3ccc(CC(C)C)cc3)c2C2CC2)c(Cl)c1. The average Bonchev–Trinajstić information content (AvgIpc) is 3.56. The van der Waals surface area contributed by atoms with E-state index in [1.54, 1.807) is 0 Å². The maximum atomic E-state index is 13.1. The Bertz CT molecular complexity index is 1220. The molecule has 1 atom stereocenters. The molecule has 5 nitrogen and oxygen atoms in total. The van der Waals surface area contributed by atoms with Gasteiger partial charge in [-0.1, -0.05) is 67.0 Å². The van der Waals surface area contributed by atoms with E-state index in [9.17, 15) is 14.7 Å². The fraction of sp³-hybridized carbons (Fsp3) is 0.433. The maximum Gasteiger partial charge on any atom is 0.303 e. The Morgan fingerprint density at radius 3 is 2.47 bits per heavy atom. The largest absolute Gasteiger partial charge is 0.481 e. The normalized spacial score (nSPS) is 14.2. The molecule has 36 heavy (non-hydrogen) atoms. The number of Topliss-reactive ketones (excluding diaryl/α,β-unsaturated/α-hetero) is 1. The molecule has 1 aromatic heterocycles. The molecule has 1 aliphatic carbocycles. The van der Waals surface area contributed by atoms with E-state index in [0.717, 1.165) is 53.0 Å². The molecule has 0 aliphatic heterocycles. The van der Waals surface area contributed by atoms with Crippen molar-refractivity contribution in [1.82, 2.24) is 5.16 Å². The second kappa shape index (κ2) is 11.4. The summed E-state index contributed by atoms with van der Waals surface area (Å²) < 4.78 is 5.89. The van der Waals surface area contributed by atoms with Crippen molar-refractivity contribution in [3.63, 3.8) is 0 Å². The summed E-state index contributed by atoms with van der Waals surface area (Å²) in [5, 5.41) is 14.4. The summed E-state index contributed by atoms with van der Waals surface area (Å²) in [5.74, 6) is 0.485. The smallest absolute Gasteiger partial charge is 0.303 e. The summed E-state index contributed by atoms with van der Waals surface area (Å²) >= 11 is 6.36. The highest BCUT2D eigenvalue weighted by Gasteiger charge is 2.36. The van der Waals surface area contributed by atoms with Crippen molar-refractivity contribution in [3.05, 3.63) is 75.4 Å². The number of carbonyl (C=O) groups is 2. The number of aryl methyl sites for hydroxylation is 1. The Balaban J connectivity index is 1.60. The van der Waals surface area contributed by atoms with Crippen molar-refractivity contribution in [2.24, 2.45) is 5.92 Å². The molecule has 1 saturated carbocycles. The van der Waals surface area contributed by atoms with Crippen molar-refractivity contribution >= 4 is 23.4 Å². The second-order valence-electron chi connectivity index (χ2n) is 10.5. The van der Waals surface area contributed by atoms with E-state index in [1.165, 1.54) is 5.56 Å². The number of rotatable bonds is 12. The van der Waals surface area contributed by atoms with Gasteiger partial charge in [-0.3, -0.25) is 9.59 Å². The topological polar surface area (TPSA) is 80.4 Å². The quantitative estimate of drug-likeness (QED) is 0.274. The minimum Gasteiger partial charge on any atom is -0.481 e. The van der Waals surface area contributed by atoms with Gasteiger partial charge in [0, 0.05) is 41.3 Å². The first-order valence-corrected chi connectivity index (χ1v) is 13.2. The molecular weight excluding hydrogens is 474 g/mol. The third-order valence-electron chi connectivity index (χ3n) is 6.77. The first kappa shape index (κ1) is 26.2. The highest BCUT2D eigenvalue weighted by molar-refractivity contribution is 6.31. The summed E-state index contributed by atoms with van der Waals surface area (Å²) in [7, 11) is 0. The number of hydrogen-bond donors (Lipinski definition) is 1. The summed E-state index contributed by atoms with van der Waals surface area (Å²) in [6, 6.07) is 14.1. The van der Waals surface area contributed by atoms with E-state index < -0.39 is 5.97 Å². The molecule has 1 N–H and O–H groups in total. The number of benzene rings is 2. The van der Waals surface area contributed by atoms with E-state index in [2.05, 4.69) is 43.3 Å². The fourth-order valence-corrected chi connectivity index (χ4v) is 5.13. The van der Waals surface area contributed by atoms with Crippen LogP contribution in [0.2, 0.25) is 5.02 Å². The minimum atomic E-state index is -0.883. The van der Waals surface area contributed by atoms with Crippen LogP contribution in [0.5, 0.6) is 0 Å². The van der Waals surface area contributed by atoms with Gasteiger partial charge in [-0.25, -0.2) is 0 Å². The number of hydrogen-bond acceptors (Lipinski definition) is 4. The predicted octanol–water partition coefficient (Wildman–Crippen LogP) is 7.53. The zero-order valence-electron chi connectivity index (χ0n) is 21.2. The van der Waals surface area contributed by atoms with Gasteiger partial charge in [0.2, 0.25) is 0 Å². The number of carboxylic acid groups (broad SMARTS) is 1. The number of ketones is 1. The van der Waals surface area contributed by atoms with Gasteiger partial charge < -0.3 is 9.63 Å². The zero-order chi connectivity index (χ0) is 25.8. The Labute approximate surface area is 217 Å². The van der Waals surface area contributed by atoms with Gasteiger partial charge in [0.25, 0.3) is 0 Å². The van der Waals surface area contributed by atoms with Crippen LogP contribution in [-0.2, 0) is 22.4 Å². The van der Waals surface area contributed by atoms with Gasteiger partial charge in [0.05, 0.1) is 5.69 Å².